The largest absolute Gasteiger partial charge is 0.350 e. The summed E-state index contributed by atoms with van der Waals surface area (Å²) in [5, 5.41) is 10.1. The quantitative estimate of drug-likeness (QED) is 0.327. The van der Waals surface area contributed by atoms with E-state index in [1.807, 2.05) is 48.5 Å². The maximum Gasteiger partial charge on any atom is 0.350 e. The summed E-state index contributed by atoms with van der Waals surface area (Å²) in [7, 11) is 0. The van der Waals surface area contributed by atoms with E-state index in [-0.39, 0.29) is 11.7 Å². The fraction of sp³-hybridized carbons (Fsp3) is 0.174. The van der Waals surface area contributed by atoms with Crippen LogP contribution in [0.25, 0.3) is 5.65 Å². The Labute approximate surface area is 184 Å². The van der Waals surface area contributed by atoms with Crippen molar-refractivity contribution in [2.45, 2.75) is 17.9 Å². The number of nitrogens with zero attached hydrogens (tertiary/aromatic N) is 3. The first-order valence-corrected chi connectivity index (χ1v) is 11.0. The van der Waals surface area contributed by atoms with E-state index in [9.17, 15) is 9.59 Å². The van der Waals surface area contributed by atoms with Crippen LogP contribution in [-0.2, 0) is 6.54 Å². The lowest BCUT2D eigenvalue weighted by atomic mass is 10.2. The molecule has 0 spiro atoms. The molecule has 2 aromatic heterocycles. The third-order valence-corrected chi connectivity index (χ3v) is 5.72. The van der Waals surface area contributed by atoms with Crippen LogP contribution in [0, 0.1) is 0 Å². The van der Waals surface area contributed by atoms with Crippen LogP contribution in [0.2, 0.25) is 0 Å². The molecule has 4 rings (SSSR count). The molecule has 0 aliphatic heterocycles. The molecule has 0 atom stereocenters. The second-order valence-corrected chi connectivity index (χ2v) is 8.13. The van der Waals surface area contributed by atoms with Crippen LogP contribution >= 0.6 is 11.8 Å². The minimum absolute atomic E-state index is 0.194. The Kier molecular flexibility index (Phi) is 6.68. The Morgan fingerprint density at radius 3 is 2.68 bits per heavy atom. The SMILES string of the molecule is O=C(NCCCSc1ccccc1)Nc1cccc(Cn2nc3ccccn3c2=O)c1. The zero-order valence-electron chi connectivity index (χ0n) is 16.9. The standard InChI is InChI=1S/C23H23N5O2S/c29-22(24-13-7-15-31-20-10-2-1-3-11-20)25-19-9-6-8-18(16-19)17-28-23(30)27-14-5-4-12-21(27)26-28/h1-6,8-12,14,16H,7,13,15,17H2,(H2,24,25,29). The topological polar surface area (TPSA) is 80.4 Å². The van der Waals surface area contributed by atoms with Crippen molar-refractivity contribution in [3.8, 4) is 0 Å². The molecule has 0 aliphatic rings. The summed E-state index contributed by atoms with van der Waals surface area (Å²) in [6, 6.07) is 22.8. The zero-order valence-corrected chi connectivity index (χ0v) is 17.7. The minimum atomic E-state index is -0.244. The lowest BCUT2D eigenvalue weighted by Crippen LogP contribution is -2.29. The smallest absolute Gasteiger partial charge is 0.338 e. The number of carbonyl (C=O) groups is 1. The fourth-order valence-electron chi connectivity index (χ4n) is 3.15. The Morgan fingerprint density at radius 2 is 1.84 bits per heavy atom. The van der Waals surface area contributed by atoms with Crippen molar-refractivity contribution in [1.82, 2.24) is 19.5 Å². The van der Waals surface area contributed by atoms with Crippen molar-refractivity contribution in [2.75, 3.05) is 17.6 Å². The highest BCUT2D eigenvalue weighted by Crippen LogP contribution is 2.17. The van der Waals surface area contributed by atoms with Crippen LogP contribution in [-0.4, -0.2) is 32.5 Å². The van der Waals surface area contributed by atoms with Gasteiger partial charge in [-0.15, -0.1) is 16.9 Å². The van der Waals surface area contributed by atoms with Crippen molar-refractivity contribution in [3.63, 3.8) is 0 Å². The van der Waals surface area contributed by atoms with E-state index in [0.717, 1.165) is 17.7 Å². The van der Waals surface area contributed by atoms with Gasteiger partial charge in [0.15, 0.2) is 5.65 Å². The molecule has 31 heavy (non-hydrogen) atoms. The van der Waals surface area contributed by atoms with Gasteiger partial charge in [-0.2, -0.15) is 0 Å². The molecule has 0 saturated heterocycles. The Hall–Kier alpha value is -3.52. The predicted octanol–water partition coefficient (Wildman–Crippen LogP) is 3.85. The molecule has 4 aromatic rings. The zero-order chi connectivity index (χ0) is 21.5. The molecule has 0 bridgehead atoms. The normalized spacial score (nSPS) is 10.8. The third-order valence-electron chi connectivity index (χ3n) is 4.62. The molecule has 2 N–H and O–H groups in total. The van der Waals surface area contributed by atoms with E-state index in [1.54, 1.807) is 30.1 Å². The second kappa shape index (κ2) is 9.99. The lowest BCUT2D eigenvalue weighted by Gasteiger charge is -2.09. The minimum Gasteiger partial charge on any atom is -0.338 e. The first-order valence-electron chi connectivity index (χ1n) is 10.0. The number of rotatable bonds is 8. The fourth-order valence-corrected chi connectivity index (χ4v) is 4.02. The summed E-state index contributed by atoms with van der Waals surface area (Å²) >= 11 is 1.77. The average Bonchev–Trinajstić information content (AvgIpc) is 3.10. The van der Waals surface area contributed by atoms with Gasteiger partial charge < -0.3 is 10.6 Å². The second-order valence-electron chi connectivity index (χ2n) is 6.97. The summed E-state index contributed by atoms with van der Waals surface area (Å²) in [6.07, 6.45) is 2.58. The summed E-state index contributed by atoms with van der Waals surface area (Å²) < 4.78 is 2.92. The van der Waals surface area contributed by atoms with E-state index in [4.69, 9.17) is 0 Å². The first kappa shape index (κ1) is 20.7. The summed E-state index contributed by atoms with van der Waals surface area (Å²) in [5.41, 5.74) is 1.96. The number of nitrogens with one attached hydrogen (secondary N) is 2. The number of benzene rings is 2. The number of amides is 2. The van der Waals surface area contributed by atoms with Gasteiger partial charge in [0.05, 0.1) is 6.54 Å². The molecule has 8 heteroatoms. The van der Waals surface area contributed by atoms with Gasteiger partial charge in [0, 0.05) is 23.3 Å². The maximum absolute atomic E-state index is 12.4. The number of aromatic nitrogens is 3. The monoisotopic (exact) mass is 433 g/mol. The predicted molar refractivity (Wildman–Crippen MR) is 124 cm³/mol. The van der Waals surface area contributed by atoms with Crippen LogP contribution in [0.3, 0.4) is 0 Å². The highest BCUT2D eigenvalue weighted by molar-refractivity contribution is 7.99. The Bertz CT molecular complexity index is 1220. The number of fused-ring (bicyclic) bond motifs is 1. The van der Waals surface area contributed by atoms with E-state index < -0.39 is 0 Å². The molecular formula is C23H23N5O2S. The Morgan fingerprint density at radius 1 is 1.00 bits per heavy atom. The van der Waals surface area contributed by atoms with Crippen molar-refractivity contribution in [1.29, 1.82) is 0 Å². The molecule has 2 amide bonds. The third kappa shape index (κ3) is 5.55. The number of carbonyl (C=O) groups excluding carboxylic acids is 1. The first-order chi connectivity index (χ1) is 15.2. The van der Waals surface area contributed by atoms with Gasteiger partial charge in [-0.05, 0) is 54.1 Å². The lowest BCUT2D eigenvalue weighted by molar-refractivity contribution is 0.252. The Balaban J connectivity index is 1.27. The van der Waals surface area contributed by atoms with Gasteiger partial charge in [0.2, 0.25) is 0 Å². The number of urea groups is 1. The number of thioether (sulfide) groups is 1. The summed E-state index contributed by atoms with van der Waals surface area (Å²) in [6.45, 7) is 0.927. The molecule has 158 valence electrons. The van der Waals surface area contributed by atoms with Crippen LogP contribution in [0.15, 0.2) is 88.7 Å². The maximum atomic E-state index is 12.4. The summed E-state index contributed by atoms with van der Waals surface area (Å²) in [4.78, 5) is 25.9. The van der Waals surface area contributed by atoms with Crippen LogP contribution in [0.1, 0.15) is 12.0 Å². The van der Waals surface area contributed by atoms with Crippen molar-refractivity contribution < 1.29 is 4.79 Å². The molecule has 0 fully saturated rings. The van der Waals surface area contributed by atoms with E-state index in [0.29, 0.717) is 24.4 Å². The summed E-state index contributed by atoms with van der Waals surface area (Å²) in [5.74, 6) is 0.938. The van der Waals surface area contributed by atoms with Gasteiger partial charge >= 0.3 is 11.7 Å². The molecule has 2 heterocycles. The number of hydrogen-bond acceptors (Lipinski definition) is 4. The van der Waals surface area contributed by atoms with Gasteiger partial charge in [-0.3, -0.25) is 4.40 Å². The molecule has 0 radical (unpaired) electrons. The van der Waals surface area contributed by atoms with E-state index in [2.05, 4.69) is 27.9 Å². The van der Waals surface area contributed by atoms with Crippen molar-refractivity contribution in [3.05, 3.63) is 95.0 Å². The molecule has 0 saturated carbocycles. The van der Waals surface area contributed by atoms with Crippen LogP contribution < -0.4 is 16.3 Å². The molecule has 0 unspecified atom stereocenters. The van der Waals surface area contributed by atoms with Crippen molar-refractivity contribution in [2.24, 2.45) is 0 Å². The van der Waals surface area contributed by atoms with Gasteiger partial charge in [0.25, 0.3) is 0 Å². The highest BCUT2D eigenvalue weighted by atomic mass is 32.2. The van der Waals surface area contributed by atoms with Gasteiger partial charge in [0.1, 0.15) is 0 Å². The van der Waals surface area contributed by atoms with Crippen molar-refractivity contribution >= 4 is 29.1 Å². The molecular weight excluding hydrogens is 410 g/mol. The number of hydrogen-bond donors (Lipinski definition) is 2. The number of pyridine rings is 1. The number of anilines is 1. The highest BCUT2D eigenvalue weighted by Gasteiger charge is 2.08. The molecule has 2 aromatic carbocycles. The van der Waals surface area contributed by atoms with Gasteiger partial charge in [-0.1, -0.05) is 36.4 Å². The molecule has 7 nitrogen and oxygen atoms in total. The van der Waals surface area contributed by atoms with E-state index in [1.165, 1.54) is 14.0 Å². The average molecular weight is 434 g/mol. The van der Waals surface area contributed by atoms with Crippen LogP contribution in [0.4, 0.5) is 10.5 Å². The molecule has 0 aliphatic carbocycles. The van der Waals surface area contributed by atoms with Crippen LogP contribution in [0.5, 0.6) is 0 Å². The van der Waals surface area contributed by atoms with Gasteiger partial charge in [-0.25, -0.2) is 14.3 Å². The van der Waals surface area contributed by atoms with E-state index >= 15 is 0 Å².